The number of halogens is 2. The minimum absolute atomic E-state index is 0.0495. The molecule has 2 aromatic rings. The van der Waals surface area contributed by atoms with Crippen molar-refractivity contribution in [1.82, 2.24) is 10.2 Å². The average Bonchev–Trinajstić information content (AvgIpc) is 2.57. The van der Waals surface area contributed by atoms with E-state index in [2.05, 4.69) is 26.1 Å². The molecule has 2 rings (SSSR count). The molecule has 0 radical (unpaired) electrons. The van der Waals surface area contributed by atoms with Gasteiger partial charge in [0, 0.05) is 4.47 Å². The molecule has 1 aromatic carbocycles. The van der Waals surface area contributed by atoms with Crippen LogP contribution in [0.25, 0.3) is 11.5 Å². The van der Waals surface area contributed by atoms with Crippen LogP contribution >= 0.6 is 27.5 Å². The molecule has 0 spiro atoms. The number of hydrogen-bond donors (Lipinski definition) is 0. The average molecular weight is 274 g/mol. The minimum Gasteiger partial charge on any atom is -0.407 e. The van der Waals surface area contributed by atoms with E-state index in [4.69, 9.17) is 16.0 Å². The van der Waals surface area contributed by atoms with Crippen molar-refractivity contribution >= 4 is 27.5 Å². The molecule has 1 aromatic heterocycles. The molecule has 5 heteroatoms. The van der Waals surface area contributed by atoms with Crippen molar-refractivity contribution in [3.05, 3.63) is 33.6 Å². The minimum atomic E-state index is 0.0495. The van der Waals surface area contributed by atoms with Crippen LogP contribution in [0.2, 0.25) is 5.35 Å². The van der Waals surface area contributed by atoms with E-state index in [1.54, 1.807) is 0 Å². The maximum Gasteiger partial charge on any atom is 0.313 e. The van der Waals surface area contributed by atoms with Gasteiger partial charge >= 0.3 is 5.35 Å². The molecule has 0 fully saturated rings. The van der Waals surface area contributed by atoms with E-state index in [1.807, 2.05) is 25.1 Å². The number of aromatic nitrogens is 2. The highest BCUT2D eigenvalue weighted by molar-refractivity contribution is 9.10. The lowest BCUT2D eigenvalue weighted by atomic mass is 10.1. The summed E-state index contributed by atoms with van der Waals surface area (Å²) in [5, 5.41) is 7.45. The zero-order valence-electron chi connectivity index (χ0n) is 7.29. The van der Waals surface area contributed by atoms with Gasteiger partial charge in [-0.1, -0.05) is 17.2 Å². The lowest BCUT2D eigenvalue weighted by molar-refractivity contribution is 0.570. The summed E-state index contributed by atoms with van der Waals surface area (Å²) in [7, 11) is 0. The molecule has 1 heterocycles. The Balaban J connectivity index is 2.57. The Morgan fingerprint density at radius 2 is 2.14 bits per heavy atom. The molecule has 0 atom stereocenters. The Bertz CT molecular complexity index is 470. The SMILES string of the molecule is Cc1cccc(-c2nnc(Cl)o2)c1Br. The molecule has 0 unspecified atom stereocenters. The molecule has 0 amide bonds. The Hall–Kier alpha value is -0.870. The van der Waals surface area contributed by atoms with Crippen LogP contribution in [0.1, 0.15) is 5.56 Å². The standard InChI is InChI=1S/C9H6BrClN2O/c1-5-3-2-4-6(7(5)10)8-12-13-9(11)14-8/h2-4H,1H3. The van der Waals surface area contributed by atoms with Crippen molar-refractivity contribution in [3.8, 4) is 11.5 Å². The molecule has 0 aliphatic carbocycles. The molecule has 3 nitrogen and oxygen atoms in total. The highest BCUT2D eigenvalue weighted by Crippen LogP contribution is 2.30. The number of nitrogens with zero attached hydrogens (tertiary/aromatic N) is 2. The second-order valence-corrected chi connectivity index (χ2v) is 3.91. The van der Waals surface area contributed by atoms with Crippen molar-refractivity contribution in [1.29, 1.82) is 0 Å². The third-order valence-corrected chi connectivity index (χ3v) is 3.03. The Kier molecular flexibility index (Phi) is 2.56. The van der Waals surface area contributed by atoms with E-state index < -0.39 is 0 Å². The molecule has 0 saturated heterocycles. The topological polar surface area (TPSA) is 38.9 Å². The Morgan fingerprint density at radius 1 is 1.36 bits per heavy atom. The number of hydrogen-bond acceptors (Lipinski definition) is 3. The van der Waals surface area contributed by atoms with E-state index in [-0.39, 0.29) is 5.35 Å². The van der Waals surface area contributed by atoms with Crippen molar-refractivity contribution in [2.75, 3.05) is 0 Å². The van der Waals surface area contributed by atoms with Crippen LogP contribution in [0.3, 0.4) is 0 Å². The summed E-state index contributed by atoms with van der Waals surface area (Å²) in [6.45, 7) is 1.99. The highest BCUT2D eigenvalue weighted by atomic mass is 79.9. The highest BCUT2D eigenvalue weighted by Gasteiger charge is 2.11. The fourth-order valence-electron chi connectivity index (χ4n) is 1.13. The van der Waals surface area contributed by atoms with E-state index >= 15 is 0 Å². The third kappa shape index (κ3) is 1.67. The second-order valence-electron chi connectivity index (χ2n) is 2.80. The number of aryl methyl sites for hydroxylation is 1. The fourth-order valence-corrected chi connectivity index (χ4v) is 1.67. The third-order valence-electron chi connectivity index (χ3n) is 1.82. The summed E-state index contributed by atoms with van der Waals surface area (Å²) in [5.74, 6) is 0.422. The zero-order valence-corrected chi connectivity index (χ0v) is 9.63. The van der Waals surface area contributed by atoms with Crippen LogP contribution in [0, 0.1) is 6.92 Å². The van der Waals surface area contributed by atoms with Gasteiger partial charge in [0.2, 0.25) is 5.89 Å². The van der Waals surface area contributed by atoms with Crippen LogP contribution in [0.4, 0.5) is 0 Å². The molecule has 0 saturated carbocycles. The van der Waals surface area contributed by atoms with Crippen LogP contribution in [0.15, 0.2) is 27.1 Å². The predicted molar refractivity (Wildman–Crippen MR) is 57.2 cm³/mol. The van der Waals surface area contributed by atoms with E-state index in [0.29, 0.717) is 5.89 Å². The van der Waals surface area contributed by atoms with Gasteiger partial charge in [0.1, 0.15) is 0 Å². The second kappa shape index (κ2) is 3.71. The first-order valence-electron chi connectivity index (χ1n) is 3.93. The maximum absolute atomic E-state index is 5.55. The zero-order chi connectivity index (χ0) is 10.1. The van der Waals surface area contributed by atoms with Crippen LogP contribution in [0.5, 0.6) is 0 Å². The summed E-state index contributed by atoms with van der Waals surface area (Å²) in [5.41, 5.74) is 1.96. The van der Waals surface area contributed by atoms with E-state index in [9.17, 15) is 0 Å². The lowest BCUT2D eigenvalue weighted by Crippen LogP contribution is -1.83. The first kappa shape index (κ1) is 9.68. The van der Waals surface area contributed by atoms with Gasteiger partial charge in [-0.2, -0.15) is 0 Å². The molecule has 0 N–H and O–H groups in total. The first-order chi connectivity index (χ1) is 6.68. The first-order valence-corrected chi connectivity index (χ1v) is 5.10. The van der Waals surface area contributed by atoms with Crippen LogP contribution < -0.4 is 0 Å². The quantitative estimate of drug-likeness (QED) is 0.798. The normalized spacial score (nSPS) is 10.5. The van der Waals surface area contributed by atoms with Gasteiger partial charge in [0.15, 0.2) is 0 Å². The lowest BCUT2D eigenvalue weighted by Gasteiger charge is -2.01. The Labute approximate surface area is 94.2 Å². The fraction of sp³-hybridized carbons (Fsp3) is 0.111. The molecule has 0 aliphatic rings. The predicted octanol–water partition coefficient (Wildman–Crippen LogP) is 3.46. The summed E-state index contributed by atoms with van der Waals surface area (Å²) >= 11 is 9.00. The van der Waals surface area contributed by atoms with Crippen molar-refractivity contribution in [2.24, 2.45) is 0 Å². The summed E-state index contributed by atoms with van der Waals surface area (Å²) in [4.78, 5) is 0. The van der Waals surface area contributed by atoms with Gasteiger partial charge in [0.25, 0.3) is 0 Å². The van der Waals surface area contributed by atoms with Gasteiger partial charge in [-0.05, 0) is 46.1 Å². The summed E-state index contributed by atoms with van der Waals surface area (Å²) in [6.07, 6.45) is 0. The number of benzene rings is 1. The van der Waals surface area contributed by atoms with Crippen LogP contribution in [-0.4, -0.2) is 10.2 Å². The maximum atomic E-state index is 5.55. The van der Waals surface area contributed by atoms with Crippen LogP contribution in [-0.2, 0) is 0 Å². The largest absolute Gasteiger partial charge is 0.407 e. The smallest absolute Gasteiger partial charge is 0.313 e. The molecular weight excluding hydrogens is 267 g/mol. The van der Waals surface area contributed by atoms with Crippen molar-refractivity contribution < 1.29 is 4.42 Å². The number of rotatable bonds is 1. The molecule has 0 aliphatic heterocycles. The molecule has 72 valence electrons. The monoisotopic (exact) mass is 272 g/mol. The van der Waals surface area contributed by atoms with Crippen molar-refractivity contribution in [3.63, 3.8) is 0 Å². The van der Waals surface area contributed by atoms with Gasteiger partial charge in [-0.3, -0.25) is 0 Å². The molecule has 0 bridgehead atoms. The van der Waals surface area contributed by atoms with E-state index in [1.165, 1.54) is 0 Å². The van der Waals surface area contributed by atoms with E-state index in [0.717, 1.165) is 15.6 Å². The van der Waals surface area contributed by atoms with Gasteiger partial charge in [-0.25, -0.2) is 0 Å². The van der Waals surface area contributed by atoms with Gasteiger partial charge in [-0.15, -0.1) is 5.10 Å². The van der Waals surface area contributed by atoms with Gasteiger partial charge < -0.3 is 4.42 Å². The summed E-state index contributed by atoms with van der Waals surface area (Å²) in [6, 6.07) is 5.81. The molecule has 14 heavy (non-hydrogen) atoms. The van der Waals surface area contributed by atoms with Crippen molar-refractivity contribution in [2.45, 2.75) is 6.92 Å². The van der Waals surface area contributed by atoms with Gasteiger partial charge in [0.05, 0.1) is 5.56 Å². The Morgan fingerprint density at radius 3 is 2.79 bits per heavy atom. The summed E-state index contributed by atoms with van der Waals surface area (Å²) < 4.78 is 6.06. The molecular formula is C9H6BrClN2O.